The van der Waals surface area contributed by atoms with Crippen molar-refractivity contribution in [2.24, 2.45) is 11.8 Å². The highest BCUT2D eigenvalue weighted by atomic mass is 32.2. The Kier molecular flexibility index (Phi) is 5.15. The average molecular weight is 343 g/mol. The van der Waals surface area contributed by atoms with Gasteiger partial charge in [-0.3, -0.25) is 4.79 Å². The molecule has 1 amide bonds. The highest BCUT2D eigenvalue weighted by Crippen LogP contribution is 2.27. The number of hydrogen-bond donors (Lipinski definition) is 1. The smallest absolute Gasteiger partial charge is 0.291 e. The van der Waals surface area contributed by atoms with Crippen molar-refractivity contribution in [3.05, 3.63) is 17.3 Å². The molecule has 2 rings (SSSR count). The number of nitrogens with zero attached hydrogens (tertiary/aromatic N) is 2. The van der Waals surface area contributed by atoms with Crippen LogP contribution in [0, 0.1) is 18.8 Å². The molecule has 0 saturated carbocycles. The van der Waals surface area contributed by atoms with Crippen LogP contribution in [-0.4, -0.2) is 49.6 Å². The van der Waals surface area contributed by atoms with E-state index in [-0.39, 0.29) is 29.5 Å². The Morgan fingerprint density at radius 1 is 1.43 bits per heavy atom. The number of aryl methyl sites for hydroxylation is 2. The lowest BCUT2D eigenvalue weighted by Crippen LogP contribution is -2.41. The molecule has 1 N–H and O–H groups in total. The van der Waals surface area contributed by atoms with E-state index in [0.717, 1.165) is 6.26 Å². The van der Waals surface area contributed by atoms with Gasteiger partial charge in [-0.15, -0.1) is 0 Å². The normalized spacial score (nSPS) is 22.1. The summed E-state index contributed by atoms with van der Waals surface area (Å²) in [6.45, 7) is 8.57. The number of aromatic nitrogens is 1. The fourth-order valence-electron chi connectivity index (χ4n) is 3.02. The summed E-state index contributed by atoms with van der Waals surface area (Å²) < 4.78 is 31.3. The van der Waals surface area contributed by atoms with Crippen LogP contribution < -0.4 is 4.72 Å². The molecule has 1 aromatic rings. The number of oxazole rings is 1. The number of nitrogens with one attached hydrogen (secondary N) is 1. The Morgan fingerprint density at radius 2 is 2.09 bits per heavy atom. The minimum absolute atomic E-state index is 0.0718. The first-order valence-corrected chi connectivity index (χ1v) is 9.74. The standard InChI is InChI=1S/C15H25N3O4S/c1-6-13-16-10(4)14(22-13)15(19)18-7-11(9(2)3)12(8-18)17-23(5,20)21/h9,11-12,17H,6-8H2,1-5H3/t11-,12+/m1/s1. The maximum Gasteiger partial charge on any atom is 0.291 e. The minimum Gasteiger partial charge on any atom is -0.435 e. The Morgan fingerprint density at radius 3 is 2.57 bits per heavy atom. The monoisotopic (exact) mass is 343 g/mol. The van der Waals surface area contributed by atoms with Crippen LogP contribution in [0.15, 0.2) is 4.42 Å². The molecule has 0 aliphatic carbocycles. The van der Waals surface area contributed by atoms with Gasteiger partial charge in [0.05, 0.1) is 11.9 Å². The molecule has 0 spiro atoms. The van der Waals surface area contributed by atoms with Gasteiger partial charge in [0, 0.05) is 25.6 Å². The summed E-state index contributed by atoms with van der Waals surface area (Å²) >= 11 is 0. The van der Waals surface area contributed by atoms with Crippen molar-refractivity contribution in [3.8, 4) is 0 Å². The summed E-state index contributed by atoms with van der Waals surface area (Å²) in [5.41, 5.74) is 0.576. The summed E-state index contributed by atoms with van der Waals surface area (Å²) in [5.74, 6) is 0.899. The molecule has 1 aliphatic rings. The third kappa shape index (κ3) is 4.11. The van der Waals surface area contributed by atoms with E-state index in [2.05, 4.69) is 9.71 Å². The molecular weight excluding hydrogens is 318 g/mol. The molecule has 0 radical (unpaired) electrons. The van der Waals surface area contributed by atoms with E-state index in [1.807, 2.05) is 20.8 Å². The van der Waals surface area contributed by atoms with Crippen LogP contribution in [0.1, 0.15) is 42.9 Å². The van der Waals surface area contributed by atoms with Crippen LogP contribution in [0.4, 0.5) is 0 Å². The fourth-order valence-corrected chi connectivity index (χ4v) is 3.81. The van der Waals surface area contributed by atoms with E-state index >= 15 is 0 Å². The molecule has 0 unspecified atom stereocenters. The van der Waals surface area contributed by atoms with E-state index in [1.165, 1.54) is 0 Å². The average Bonchev–Trinajstić information content (AvgIpc) is 3.00. The van der Waals surface area contributed by atoms with E-state index in [0.29, 0.717) is 31.1 Å². The van der Waals surface area contributed by atoms with Crippen LogP contribution in [0.25, 0.3) is 0 Å². The lowest BCUT2D eigenvalue weighted by Gasteiger charge is -2.21. The van der Waals surface area contributed by atoms with Crippen molar-refractivity contribution in [1.29, 1.82) is 0 Å². The summed E-state index contributed by atoms with van der Waals surface area (Å²) in [6, 6.07) is -0.275. The quantitative estimate of drug-likeness (QED) is 0.867. The summed E-state index contributed by atoms with van der Waals surface area (Å²) in [6.07, 6.45) is 1.77. The van der Waals surface area contributed by atoms with Crippen molar-refractivity contribution in [2.45, 2.75) is 40.2 Å². The van der Waals surface area contributed by atoms with Crippen LogP contribution >= 0.6 is 0 Å². The molecular formula is C15H25N3O4S. The van der Waals surface area contributed by atoms with Gasteiger partial charge in [0.2, 0.25) is 15.8 Å². The first kappa shape index (κ1) is 17.9. The third-order valence-corrected chi connectivity index (χ3v) is 4.94. The second-order valence-corrected chi connectivity index (χ2v) is 8.27. The van der Waals surface area contributed by atoms with Crippen LogP contribution in [0.2, 0.25) is 0 Å². The summed E-state index contributed by atoms with van der Waals surface area (Å²) in [5, 5.41) is 0. The largest absolute Gasteiger partial charge is 0.435 e. The predicted octanol–water partition coefficient (Wildman–Crippen LogP) is 1.19. The van der Waals surface area contributed by atoms with Gasteiger partial charge in [0.15, 0.2) is 5.89 Å². The SMILES string of the molecule is CCc1nc(C)c(C(=O)N2C[C@H](NS(C)(=O)=O)[C@@H](C(C)C)C2)o1. The predicted molar refractivity (Wildman–Crippen MR) is 86.6 cm³/mol. The molecule has 23 heavy (non-hydrogen) atoms. The van der Waals surface area contributed by atoms with E-state index in [1.54, 1.807) is 11.8 Å². The summed E-state index contributed by atoms with van der Waals surface area (Å²) in [7, 11) is -3.32. The van der Waals surface area contributed by atoms with E-state index in [9.17, 15) is 13.2 Å². The maximum atomic E-state index is 12.7. The molecule has 1 saturated heterocycles. The second kappa shape index (κ2) is 6.60. The fraction of sp³-hybridized carbons (Fsp3) is 0.733. The molecule has 1 aromatic heterocycles. The van der Waals surface area contributed by atoms with Crippen LogP contribution in [-0.2, 0) is 16.4 Å². The highest BCUT2D eigenvalue weighted by Gasteiger charge is 2.39. The Hall–Kier alpha value is -1.41. The van der Waals surface area contributed by atoms with Crippen LogP contribution in [0.5, 0.6) is 0 Å². The number of sulfonamides is 1. The minimum atomic E-state index is -3.32. The van der Waals surface area contributed by atoms with Crippen molar-refractivity contribution in [1.82, 2.24) is 14.6 Å². The number of amides is 1. The lowest BCUT2D eigenvalue weighted by atomic mass is 9.92. The van der Waals surface area contributed by atoms with Crippen molar-refractivity contribution < 1.29 is 17.6 Å². The van der Waals surface area contributed by atoms with Gasteiger partial charge in [-0.25, -0.2) is 18.1 Å². The van der Waals surface area contributed by atoms with Gasteiger partial charge >= 0.3 is 0 Å². The third-order valence-electron chi connectivity index (χ3n) is 4.21. The van der Waals surface area contributed by atoms with E-state index < -0.39 is 10.0 Å². The number of rotatable bonds is 5. The zero-order chi connectivity index (χ0) is 17.4. The zero-order valence-corrected chi connectivity index (χ0v) is 15.1. The molecule has 2 atom stereocenters. The maximum absolute atomic E-state index is 12.7. The highest BCUT2D eigenvalue weighted by molar-refractivity contribution is 7.88. The molecule has 8 heteroatoms. The topological polar surface area (TPSA) is 92.5 Å². The van der Waals surface area contributed by atoms with Crippen molar-refractivity contribution in [2.75, 3.05) is 19.3 Å². The van der Waals surface area contributed by atoms with Gasteiger partial charge < -0.3 is 9.32 Å². The first-order valence-electron chi connectivity index (χ1n) is 7.85. The number of carbonyl (C=O) groups is 1. The Balaban J connectivity index is 2.20. The van der Waals surface area contributed by atoms with Gasteiger partial charge in [0.1, 0.15) is 0 Å². The van der Waals surface area contributed by atoms with Crippen molar-refractivity contribution in [3.63, 3.8) is 0 Å². The van der Waals surface area contributed by atoms with Crippen molar-refractivity contribution >= 4 is 15.9 Å². The Bertz CT molecular complexity index is 681. The molecule has 0 aromatic carbocycles. The number of carbonyl (C=O) groups excluding carboxylic acids is 1. The van der Waals surface area contributed by atoms with Gasteiger partial charge in [-0.2, -0.15) is 0 Å². The van der Waals surface area contributed by atoms with Gasteiger partial charge in [-0.1, -0.05) is 20.8 Å². The molecule has 0 bridgehead atoms. The molecule has 7 nitrogen and oxygen atoms in total. The summed E-state index contributed by atoms with van der Waals surface area (Å²) in [4.78, 5) is 18.6. The second-order valence-electron chi connectivity index (χ2n) is 6.49. The van der Waals surface area contributed by atoms with E-state index in [4.69, 9.17) is 4.42 Å². The molecule has 130 valence electrons. The molecule has 2 heterocycles. The molecule has 1 fully saturated rings. The number of hydrogen-bond acceptors (Lipinski definition) is 5. The number of likely N-dealkylation sites (tertiary alicyclic amines) is 1. The Labute approximate surface area is 137 Å². The zero-order valence-electron chi connectivity index (χ0n) is 14.3. The lowest BCUT2D eigenvalue weighted by molar-refractivity contribution is 0.0748. The molecule has 1 aliphatic heterocycles. The first-order chi connectivity index (χ1) is 10.6. The van der Waals surface area contributed by atoms with Crippen LogP contribution in [0.3, 0.4) is 0 Å². The van der Waals surface area contributed by atoms with Gasteiger partial charge in [-0.05, 0) is 18.8 Å². The van der Waals surface area contributed by atoms with Gasteiger partial charge in [0.25, 0.3) is 5.91 Å².